The zero-order valence-corrected chi connectivity index (χ0v) is 38.1. The van der Waals surface area contributed by atoms with Crippen molar-refractivity contribution >= 4 is 35.2 Å². The predicted molar refractivity (Wildman–Crippen MR) is 246 cm³/mol. The van der Waals surface area contributed by atoms with Gasteiger partial charge in [0.2, 0.25) is 23.6 Å². The van der Waals surface area contributed by atoms with Gasteiger partial charge in [-0.15, -0.1) is 0 Å². The lowest BCUT2D eigenvalue weighted by Gasteiger charge is -2.33. The summed E-state index contributed by atoms with van der Waals surface area (Å²) in [4.78, 5) is 80.9. The number of nitrogens with zero attached hydrogens (tertiary/aromatic N) is 4. The highest BCUT2D eigenvalue weighted by Crippen LogP contribution is 2.44. The Morgan fingerprint density at radius 2 is 1.66 bits per heavy atom. The summed E-state index contributed by atoms with van der Waals surface area (Å²) in [6.45, 7) is 11.3. The van der Waals surface area contributed by atoms with Crippen molar-refractivity contribution in [3.63, 3.8) is 0 Å². The standard InChI is InChI=1S/C47H59N11O7/c1-25-38(26(2)54-41(53-25)29-10-12-31(13-11-29)47(4,5)6)44(62)56-34(15-16-48)46(64)58(7)39-30-23-33(40(65-8)35(24-30)51-19-17-49)32-21-28(9-14-37(32)59)22-36(43(61)52-20-18-50)57-42(60)27(3)55-45(39)63/h9-14,21,23-24,27,34,36,39,51,59H,15-17,19-20,22,48-49H2,1-8H3,(H,52,61)(H,55,63)(H,56,62)(H,57,60)/t27-,34?,36-,39-/m0/s1. The maximum atomic E-state index is 14.8. The number of anilines is 1. The fraction of sp³-hybridized carbons (Fsp3) is 0.404. The Kier molecular flexibility index (Phi) is 15.8. The van der Waals surface area contributed by atoms with Gasteiger partial charge >= 0.3 is 0 Å². The molecule has 4 bridgehead atoms. The molecule has 0 saturated carbocycles. The number of nitrogens with two attached hydrogens (primary N) is 2. The smallest absolute Gasteiger partial charge is 0.255 e. The second-order valence-electron chi connectivity index (χ2n) is 17.0. The molecule has 0 aliphatic carbocycles. The average Bonchev–Trinajstić information content (AvgIpc) is 3.26. The van der Waals surface area contributed by atoms with Crippen LogP contribution in [-0.2, 0) is 31.0 Å². The van der Waals surface area contributed by atoms with Crippen molar-refractivity contribution in [2.24, 2.45) is 11.5 Å². The number of fused-ring (bicyclic) bond motifs is 5. The van der Waals surface area contributed by atoms with Gasteiger partial charge in [-0.25, -0.2) is 9.97 Å². The van der Waals surface area contributed by atoms with Crippen LogP contribution < -0.4 is 42.8 Å². The SMILES string of the molecule is COc1c(NCCN)cc2cc1-c1cc(ccc1O)C[C@@H](C(=O)NCC#N)NC(=O)[C@H](C)NC(=O)[C@H]2N(C)C(=O)C(CCN)NC(=O)c1c(C)nc(-c2ccc(C(C)(C)C)cc2)nc1C. The highest BCUT2D eigenvalue weighted by molar-refractivity contribution is 6.01. The van der Waals surface area contributed by atoms with E-state index >= 15 is 0 Å². The molecule has 4 aromatic rings. The highest BCUT2D eigenvalue weighted by atomic mass is 16.5. The molecular weight excluding hydrogens is 831 g/mol. The fourth-order valence-corrected chi connectivity index (χ4v) is 7.71. The van der Waals surface area contributed by atoms with Crippen LogP contribution in [-0.4, -0.2) is 108 Å². The van der Waals surface area contributed by atoms with E-state index in [1.807, 2.05) is 30.3 Å². The lowest BCUT2D eigenvalue weighted by molar-refractivity contribution is -0.141. The first-order valence-corrected chi connectivity index (χ1v) is 21.3. The van der Waals surface area contributed by atoms with Gasteiger partial charge in [0.05, 0.1) is 35.8 Å². The molecule has 1 unspecified atom stereocenters. The minimum absolute atomic E-state index is 0.0187. The number of carbonyl (C=O) groups is 5. The van der Waals surface area contributed by atoms with E-state index in [0.29, 0.717) is 34.0 Å². The van der Waals surface area contributed by atoms with Crippen LogP contribution >= 0.6 is 0 Å². The van der Waals surface area contributed by atoms with Crippen LogP contribution in [0.15, 0.2) is 54.6 Å². The van der Waals surface area contributed by atoms with Crippen LogP contribution in [0.1, 0.15) is 78.6 Å². The number of phenols is 1. The molecule has 2 heterocycles. The number of likely N-dealkylation sites (N-methyl/N-ethyl adjacent to an activating group) is 1. The molecule has 4 atom stereocenters. The molecule has 1 aliphatic rings. The van der Waals surface area contributed by atoms with E-state index in [2.05, 4.69) is 57.3 Å². The Balaban J connectivity index is 1.58. The van der Waals surface area contributed by atoms with E-state index in [9.17, 15) is 29.1 Å². The van der Waals surface area contributed by atoms with Crippen LogP contribution in [0, 0.1) is 25.2 Å². The van der Waals surface area contributed by atoms with E-state index in [1.165, 1.54) is 27.1 Å². The number of carbonyl (C=O) groups excluding carboxylic acids is 5. The number of aryl methyl sites for hydroxylation is 2. The molecule has 5 rings (SSSR count). The quantitative estimate of drug-likeness (QED) is 0.0898. The summed E-state index contributed by atoms with van der Waals surface area (Å²) < 4.78 is 5.88. The summed E-state index contributed by atoms with van der Waals surface area (Å²) in [6, 6.07) is 12.4. The summed E-state index contributed by atoms with van der Waals surface area (Å²) >= 11 is 0. The largest absolute Gasteiger partial charge is 0.507 e. The van der Waals surface area contributed by atoms with E-state index in [4.69, 9.17) is 21.5 Å². The summed E-state index contributed by atoms with van der Waals surface area (Å²) in [5.41, 5.74) is 16.4. The second kappa shape index (κ2) is 21.1. The number of nitriles is 1. The zero-order chi connectivity index (χ0) is 47.7. The lowest BCUT2D eigenvalue weighted by atomic mass is 9.86. The van der Waals surface area contributed by atoms with Crippen molar-refractivity contribution < 1.29 is 33.8 Å². The molecule has 0 saturated heterocycles. The summed E-state index contributed by atoms with van der Waals surface area (Å²) in [6.07, 6.45) is -0.0710. The molecular formula is C47H59N11O7. The summed E-state index contributed by atoms with van der Waals surface area (Å²) in [5, 5.41) is 34.3. The third-order valence-corrected chi connectivity index (χ3v) is 11.2. The predicted octanol–water partition coefficient (Wildman–Crippen LogP) is 2.64. The first-order chi connectivity index (χ1) is 30.8. The third-order valence-electron chi connectivity index (χ3n) is 11.2. The maximum Gasteiger partial charge on any atom is 0.255 e. The van der Waals surface area contributed by atoms with Gasteiger partial charge < -0.3 is 52.8 Å². The number of aromatic hydroxyl groups is 1. The van der Waals surface area contributed by atoms with E-state index in [1.54, 1.807) is 38.1 Å². The van der Waals surface area contributed by atoms with Gasteiger partial charge in [-0.2, -0.15) is 5.26 Å². The van der Waals surface area contributed by atoms with Crippen molar-refractivity contribution in [3.8, 4) is 40.1 Å². The molecule has 344 valence electrons. The number of benzene rings is 3. The minimum Gasteiger partial charge on any atom is -0.507 e. The number of rotatable bonds is 13. The monoisotopic (exact) mass is 889 g/mol. The number of hydrogen-bond donors (Lipinski definition) is 8. The molecule has 1 aliphatic heterocycles. The zero-order valence-electron chi connectivity index (χ0n) is 38.1. The molecule has 0 fully saturated rings. The second-order valence-corrected chi connectivity index (χ2v) is 17.0. The maximum absolute atomic E-state index is 14.8. The summed E-state index contributed by atoms with van der Waals surface area (Å²) in [5.74, 6) is -2.96. The number of hydrogen-bond acceptors (Lipinski definition) is 13. The number of methoxy groups -OCH3 is 1. The van der Waals surface area contributed by atoms with Gasteiger partial charge in [0, 0.05) is 43.2 Å². The van der Waals surface area contributed by atoms with Crippen LogP contribution in [0.25, 0.3) is 22.5 Å². The fourth-order valence-electron chi connectivity index (χ4n) is 7.71. The van der Waals surface area contributed by atoms with Gasteiger partial charge in [0.1, 0.15) is 42.2 Å². The average molecular weight is 890 g/mol. The number of amides is 5. The van der Waals surface area contributed by atoms with Crippen LogP contribution in [0.2, 0.25) is 0 Å². The van der Waals surface area contributed by atoms with Gasteiger partial charge in [0.25, 0.3) is 5.91 Å². The van der Waals surface area contributed by atoms with Crippen LogP contribution in [0.5, 0.6) is 11.5 Å². The van der Waals surface area contributed by atoms with Crippen molar-refractivity contribution in [1.29, 1.82) is 5.26 Å². The van der Waals surface area contributed by atoms with Gasteiger partial charge in [-0.3, -0.25) is 24.0 Å². The summed E-state index contributed by atoms with van der Waals surface area (Å²) in [7, 11) is 2.82. The Morgan fingerprint density at radius 1 is 0.985 bits per heavy atom. The number of phenolic OH excluding ortho intramolecular Hbond substituents is 1. The normalized spacial score (nSPS) is 16.7. The van der Waals surface area contributed by atoms with Crippen molar-refractivity contribution in [2.75, 3.05) is 45.7 Å². The first kappa shape index (κ1) is 48.9. The highest BCUT2D eigenvalue weighted by Gasteiger charge is 2.37. The Hall–Kier alpha value is -7.10. The van der Waals surface area contributed by atoms with Gasteiger partial charge in [-0.1, -0.05) is 51.1 Å². The molecule has 0 spiro atoms. The Labute approximate surface area is 378 Å². The number of ether oxygens (including phenoxy) is 1. The molecule has 0 radical (unpaired) electrons. The molecule has 18 nitrogen and oxygen atoms in total. The van der Waals surface area contributed by atoms with E-state index in [0.717, 1.165) is 16.0 Å². The van der Waals surface area contributed by atoms with Crippen LogP contribution in [0.3, 0.4) is 0 Å². The topological polar surface area (TPSA) is 280 Å². The van der Waals surface area contributed by atoms with E-state index < -0.39 is 53.7 Å². The third kappa shape index (κ3) is 11.4. The lowest BCUT2D eigenvalue weighted by Crippen LogP contribution is -2.56. The minimum atomic E-state index is -1.48. The molecule has 3 aromatic carbocycles. The number of aromatic nitrogens is 2. The van der Waals surface area contributed by atoms with Crippen molar-refractivity contribution in [1.82, 2.24) is 36.1 Å². The van der Waals surface area contributed by atoms with Crippen LogP contribution in [0.4, 0.5) is 5.69 Å². The Bertz CT molecular complexity index is 2460. The first-order valence-electron chi connectivity index (χ1n) is 21.3. The number of nitrogens with one attached hydrogen (secondary N) is 5. The molecule has 5 amide bonds. The molecule has 18 heteroatoms. The molecule has 65 heavy (non-hydrogen) atoms. The van der Waals surface area contributed by atoms with E-state index in [-0.39, 0.29) is 72.6 Å². The van der Waals surface area contributed by atoms with Crippen molar-refractivity contribution in [2.45, 2.75) is 84.0 Å². The molecule has 1 aromatic heterocycles. The molecule has 10 N–H and O–H groups in total. The van der Waals surface area contributed by atoms with Gasteiger partial charge in [-0.05, 0) is 80.1 Å². The van der Waals surface area contributed by atoms with Gasteiger partial charge in [0.15, 0.2) is 5.82 Å². The van der Waals surface area contributed by atoms with Crippen molar-refractivity contribution in [3.05, 3.63) is 88.2 Å². The Morgan fingerprint density at radius 3 is 2.26 bits per heavy atom.